The average molecular weight is 289 g/mol. The zero-order chi connectivity index (χ0) is 15.4. The van der Waals surface area contributed by atoms with Gasteiger partial charge in [-0.25, -0.2) is 4.79 Å². The summed E-state index contributed by atoms with van der Waals surface area (Å²) in [7, 11) is 0. The molecule has 0 radical (unpaired) electrons. The lowest BCUT2D eigenvalue weighted by Gasteiger charge is -2.04. The molecule has 0 saturated carbocycles. The Morgan fingerprint density at radius 3 is 2.86 bits per heavy atom. The topological polar surface area (TPSA) is 98.1 Å². The maximum Gasteiger partial charge on any atom is 0.340 e. The van der Waals surface area contributed by atoms with Gasteiger partial charge in [0.1, 0.15) is 0 Å². The summed E-state index contributed by atoms with van der Waals surface area (Å²) in [5, 5.41) is 11.1. The zero-order valence-electron chi connectivity index (χ0n) is 11.8. The third-order valence-electron chi connectivity index (χ3n) is 3.01. The Morgan fingerprint density at radius 1 is 1.48 bits per heavy atom. The fourth-order valence-corrected chi connectivity index (χ4v) is 2.02. The van der Waals surface area contributed by atoms with Crippen molar-refractivity contribution < 1.29 is 14.5 Å². The van der Waals surface area contributed by atoms with Crippen LogP contribution < -0.4 is 0 Å². The molecule has 0 unspecified atom stereocenters. The summed E-state index contributed by atoms with van der Waals surface area (Å²) in [6, 6.07) is 2.96. The molecule has 2 aromatic heterocycles. The van der Waals surface area contributed by atoms with Crippen molar-refractivity contribution in [2.45, 2.75) is 20.3 Å². The Bertz CT molecular complexity index is 679. The summed E-state index contributed by atoms with van der Waals surface area (Å²) < 4.78 is 5.00. The minimum absolute atomic E-state index is 0.111. The number of nitrogens with zero attached hydrogens (tertiary/aromatic N) is 2. The van der Waals surface area contributed by atoms with Gasteiger partial charge in [-0.1, -0.05) is 6.92 Å². The molecular weight excluding hydrogens is 274 g/mol. The van der Waals surface area contributed by atoms with Gasteiger partial charge in [0.25, 0.3) is 5.69 Å². The molecule has 2 heterocycles. The normalized spacial score (nSPS) is 10.4. The first kappa shape index (κ1) is 14.7. The van der Waals surface area contributed by atoms with Crippen LogP contribution in [0.15, 0.2) is 24.5 Å². The van der Waals surface area contributed by atoms with Gasteiger partial charge in [-0.3, -0.25) is 15.1 Å². The minimum atomic E-state index is -0.512. The van der Waals surface area contributed by atoms with E-state index in [1.807, 2.05) is 6.92 Å². The molecule has 0 amide bonds. The van der Waals surface area contributed by atoms with Gasteiger partial charge in [0.2, 0.25) is 0 Å². The number of nitrogens with one attached hydrogen (secondary N) is 1. The molecule has 21 heavy (non-hydrogen) atoms. The van der Waals surface area contributed by atoms with E-state index in [9.17, 15) is 14.9 Å². The van der Waals surface area contributed by atoms with Crippen LogP contribution in [0.25, 0.3) is 11.3 Å². The molecule has 0 aromatic carbocycles. The van der Waals surface area contributed by atoms with Gasteiger partial charge in [0, 0.05) is 24.2 Å². The quantitative estimate of drug-likeness (QED) is 0.518. The largest absolute Gasteiger partial charge is 0.462 e. The summed E-state index contributed by atoms with van der Waals surface area (Å²) >= 11 is 0. The fourth-order valence-electron chi connectivity index (χ4n) is 2.02. The number of esters is 1. The molecule has 0 atom stereocenters. The zero-order valence-corrected chi connectivity index (χ0v) is 11.8. The Morgan fingerprint density at radius 2 is 2.24 bits per heavy atom. The maximum atomic E-state index is 12.0. The number of aromatic nitrogens is 2. The number of nitro groups is 1. The summed E-state index contributed by atoms with van der Waals surface area (Å²) in [6.07, 6.45) is 3.38. The van der Waals surface area contributed by atoms with Crippen molar-refractivity contribution in [3.8, 4) is 11.3 Å². The number of hydrogen-bond acceptors (Lipinski definition) is 5. The second-order valence-electron chi connectivity index (χ2n) is 4.31. The molecule has 0 fully saturated rings. The van der Waals surface area contributed by atoms with Gasteiger partial charge in [0.05, 0.1) is 28.4 Å². The van der Waals surface area contributed by atoms with E-state index in [0.717, 1.165) is 5.69 Å². The summed E-state index contributed by atoms with van der Waals surface area (Å²) in [4.78, 5) is 29.6. The third kappa shape index (κ3) is 2.91. The molecule has 0 aliphatic carbocycles. The van der Waals surface area contributed by atoms with Crippen LogP contribution in [0, 0.1) is 10.1 Å². The van der Waals surface area contributed by atoms with Crippen LogP contribution in [0.2, 0.25) is 0 Å². The molecule has 0 aliphatic heterocycles. The molecule has 7 nitrogen and oxygen atoms in total. The molecule has 0 bridgehead atoms. The lowest BCUT2D eigenvalue weighted by atomic mass is 10.1. The van der Waals surface area contributed by atoms with Crippen molar-refractivity contribution in [2.24, 2.45) is 0 Å². The highest BCUT2D eigenvalue weighted by atomic mass is 16.6. The highest BCUT2D eigenvalue weighted by Crippen LogP contribution is 2.31. The Kier molecular flexibility index (Phi) is 4.32. The van der Waals surface area contributed by atoms with E-state index in [4.69, 9.17) is 4.74 Å². The smallest absolute Gasteiger partial charge is 0.340 e. The summed E-state index contributed by atoms with van der Waals surface area (Å²) in [5.74, 6) is -0.512. The predicted molar refractivity (Wildman–Crippen MR) is 76.0 cm³/mol. The predicted octanol–water partition coefficient (Wildman–Crippen LogP) is 2.72. The first-order valence-electron chi connectivity index (χ1n) is 6.56. The van der Waals surface area contributed by atoms with E-state index in [1.54, 1.807) is 13.0 Å². The number of aromatic amines is 1. The number of H-pyrrole nitrogens is 1. The van der Waals surface area contributed by atoms with E-state index < -0.39 is 10.9 Å². The van der Waals surface area contributed by atoms with Crippen molar-refractivity contribution in [3.05, 3.63) is 45.9 Å². The number of ether oxygens (including phenoxy) is 1. The standard InChI is InChI=1S/C14H15N3O4/c1-3-9-7-10(14(18)21-4-2)13(16-9)11-8-15-6-5-12(11)17(19)20/h5-8,16H,3-4H2,1-2H3. The molecule has 2 aromatic rings. The van der Waals surface area contributed by atoms with Gasteiger partial charge < -0.3 is 9.72 Å². The lowest BCUT2D eigenvalue weighted by Crippen LogP contribution is -2.05. The molecule has 1 N–H and O–H groups in total. The summed E-state index contributed by atoms with van der Waals surface area (Å²) in [5.41, 5.74) is 1.60. The van der Waals surface area contributed by atoms with E-state index in [1.165, 1.54) is 18.5 Å². The number of pyridine rings is 1. The number of rotatable bonds is 5. The molecule has 0 aliphatic rings. The number of carbonyl (C=O) groups is 1. The molecule has 2 rings (SSSR count). The van der Waals surface area contributed by atoms with Crippen LogP contribution >= 0.6 is 0 Å². The Labute approximate surface area is 121 Å². The maximum absolute atomic E-state index is 12.0. The highest BCUT2D eigenvalue weighted by Gasteiger charge is 2.23. The van der Waals surface area contributed by atoms with E-state index in [0.29, 0.717) is 12.1 Å². The van der Waals surface area contributed by atoms with Gasteiger partial charge >= 0.3 is 5.97 Å². The first-order valence-corrected chi connectivity index (χ1v) is 6.56. The van der Waals surface area contributed by atoms with Gasteiger partial charge in [-0.15, -0.1) is 0 Å². The number of carbonyl (C=O) groups excluding carboxylic acids is 1. The van der Waals surface area contributed by atoms with Crippen molar-refractivity contribution in [3.63, 3.8) is 0 Å². The van der Waals surface area contributed by atoms with Crippen LogP contribution in [0.4, 0.5) is 5.69 Å². The fraction of sp³-hybridized carbons (Fsp3) is 0.286. The summed E-state index contributed by atoms with van der Waals surface area (Å²) in [6.45, 7) is 3.86. The highest BCUT2D eigenvalue weighted by molar-refractivity contribution is 5.97. The molecule has 7 heteroatoms. The van der Waals surface area contributed by atoms with Crippen LogP contribution in [-0.2, 0) is 11.2 Å². The van der Waals surface area contributed by atoms with Crippen LogP contribution in [0.1, 0.15) is 29.9 Å². The van der Waals surface area contributed by atoms with E-state index in [-0.39, 0.29) is 23.4 Å². The molecule has 0 saturated heterocycles. The van der Waals surface area contributed by atoms with Gasteiger partial charge in [-0.05, 0) is 19.4 Å². The SMILES string of the molecule is CCOC(=O)c1cc(CC)[nH]c1-c1cnccc1[N+](=O)[O-]. The van der Waals surface area contributed by atoms with Crippen LogP contribution in [-0.4, -0.2) is 27.5 Å². The molecule has 110 valence electrons. The van der Waals surface area contributed by atoms with Crippen LogP contribution in [0.5, 0.6) is 0 Å². The average Bonchev–Trinajstić information content (AvgIpc) is 2.91. The minimum Gasteiger partial charge on any atom is -0.462 e. The number of aryl methyl sites for hydroxylation is 1. The van der Waals surface area contributed by atoms with Crippen molar-refractivity contribution >= 4 is 11.7 Å². The van der Waals surface area contributed by atoms with Crippen molar-refractivity contribution in [1.29, 1.82) is 0 Å². The van der Waals surface area contributed by atoms with Crippen molar-refractivity contribution in [2.75, 3.05) is 6.61 Å². The number of hydrogen-bond donors (Lipinski definition) is 1. The molecular formula is C14H15N3O4. The molecule has 0 spiro atoms. The van der Waals surface area contributed by atoms with Crippen molar-refractivity contribution in [1.82, 2.24) is 9.97 Å². The first-order chi connectivity index (χ1) is 10.1. The second kappa shape index (κ2) is 6.17. The Balaban J connectivity index is 2.60. The van der Waals surface area contributed by atoms with Gasteiger partial charge in [-0.2, -0.15) is 0 Å². The van der Waals surface area contributed by atoms with E-state index in [2.05, 4.69) is 9.97 Å². The lowest BCUT2D eigenvalue weighted by molar-refractivity contribution is -0.384. The Hall–Kier alpha value is -2.70. The van der Waals surface area contributed by atoms with E-state index >= 15 is 0 Å². The van der Waals surface area contributed by atoms with Gasteiger partial charge in [0.15, 0.2) is 0 Å². The second-order valence-corrected chi connectivity index (χ2v) is 4.31. The third-order valence-corrected chi connectivity index (χ3v) is 3.01. The monoisotopic (exact) mass is 289 g/mol. The van der Waals surface area contributed by atoms with Crippen LogP contribution in [0.3, 0.4) is 0 Å².